The number of benzene rings is 1. The topological polar surface area (TPSA) is 64.1 Å². The molecule has 0 aliphatic heterocycles. The summed E-state index contributed by atoms with van der Waals surface area (Å²) in [5.41, 5.74) is 13.8. The molecule has 0 bridgehead atoms. The van der Waals surface area contributed by atoms with E-state index >= 15 is 0 Å². The van der Waals surface area contributed by atoms with Gasteiger partial charge >= 0.3 is 0 Å². The maximum absolute atomic E-state index is 5.71. The molecule has 0 aliphatic rings. The first-order valence-corrected chi connectivity index (χ1v) is 5.88. The molecule has 1 unspecified atom stereocenters. The van der Waals surface area contributed by atoms with E-state index in [0.717, 1.165) is 13.1 Å². The van der Waals surface area contributed by atoms with Gasteiger partial charge in [-0.3, -0.25) is 0 Å². The van der Waals surface area contributed by atoms with E-state index in [2.05, 4.69) is 43.4 Å². The van der Waals surface area contributed by atoms with E-state index in [-0.39, 0.29) is 6.04 Å². The molecule has 1 atom stereocenters. The van der Waals surface area contributed by atoms with Crippen molar-refractivity contribution in [3.8, 4) is 0 Å². The lowest BCUT2D eigenvalue weighted by Crippen LogP contribution is -2.39. The Bertz CT molecular complexity index is 293. The molecule has 16 heavy (non-hydrogen) atoms. The van der Waals surface area contributed by atoms with Gasteiger partial charge in [-0.15, -0.1) is 0 Å². The number of rotatable bonds is 6. The van der Waals surface area contributed by atoms with Crippen molar-refractivity contribution in [1.82, 2.24) is 5.32 Å². The van der Waals surface area contributed by atoms with E-state index in [1.165, 1.54) is 11.1 Å². The second-order valence-electron chi connectivity index (χ2n) is 4.52. The van der Waals surface area contributed by atoms with Gasteiger partial charge in [0.15, 0.2) is 0 Å². The second-order valence-corrected chi connectivity index (χ2v) is 4.52. The zero-order valence-electron chi connectivity index (χ0n) is 10.2. The Morgan fingerprint density at radius 1 is 1.19 bits per heavy atom. The van der Waals surface area contributed by atoms with Gasteiger partial charge in [-0.1, -0.05) is 38.1 Å². The lowest BCUT2D eigenvalue weighted by atomic mass is 10.0. The first-order chi connectivity index (χ1) is 7.63. The Morgan fingerprint density at radius 2 is 1.81 bits per heavy atom. The summed E-state index contributed by atoms with van der Waals surface area (Å²) < 4.78 is 0. The monoisotopic (exact) mass is 221 g/mol. The summed E-state index contributed by atoms with van der Waals surface area (Å²) in [4.78, 5) is 0. The zero-order valence-corrected chi connectivity index (χ0v) is 10.2. The van der Waals surface area contributed by atoms with Gasteiger partial charge in [0.1, 0.15) is 0 Å². The molecule has 90 valence electrons. The Hall–Kier alpha value is -0.900. The van der Waals surface area contributed by atoms with E-state index in [9.17, 15) is 0 Å². The summed E-state index contributed by atoms with van der Waals surface area (Å²) in [5.74, 6) is 0.590. The largest absolute Gasteiger partial charge is 0.329 e. The number of nitrogens with two attached hydrogens (primary N) is 2. The van der Waals surface area contributed by atoms with Crippen LogP contribution in [0.3, 0.4) is 0 Å². The average Bonchev–Trinajstić information content (AvgIpc) is 2.29. The van der Waals surface area contributed by atoms with Gasteiger partial charge in [-0.05, 0) is 17.0 Å². The fraction of sp³-hybridized carbons (Fsp3) is 0.538. The van der Waals surface area contributed by atoms with Gasteiger partial charge in [-0.2, -0.15) is 0 Å². The highest BCUT2D eigenvalue weighted by Crippen LogP contribution is 2.14. The van der Waals surface area contributed by atoms with Crippen LogP contribution in [0.1, 0.15) is 30.9 Å². The van der Waals surface area contributed by atoms with Gasteiger partial charge in [0.2, 0.25) is 0 Å². The normalized spacial score (nSPS) is 13.1. The first-order valence-electron chi connectivity index (χ1n) is 5.88. The van der Waals surface area contributed by atoms with Crippen LogP contribution >= 0.6 is 0 Å². The second kappa shape index (κ2) is 6.63. The quantitative estimate of drug-likeness (QED) is 0.676. The summed E-state index contributed by atoms with van der Waals surface area (Å²) in [6, 6.07) is 8.75. The van der Waals surface area contributed by atoms with Gasteiger partial charge in [0.25, 0.3) is 0 Å². The molecule has 0 spiro atoms. The van der Waals surface area contributed by atoms with Crippen molar-refractivity contribution in [3.63, 3.8) is 0 Å². The number of hydrogen-bond acceptors (Lipinski definition) is 3. The smallest absolute Gasteiger partial charge is 0.0290 e. The summed E-state index contributed by atoms with van der Waals surface area (Å²) in [7, 11) is 0. The maximum Gasteiger partial charge on any atom is 0.0290 e. The van der Waals surface area contributed by atoms with Gasteiger partial charge in [0, 0.05) is 25.7 Å². The highest BCUT2D eigenvalue weighted by Gasteiger charge is 2.00. The molecule has 1 aromatic rings. The Labute approximate surface area is 98.2 Å². The third-order valence-corrected chi connectivity index (χ3v) is 2.68. The molecule has 0 amide bonds. The van der Waals surface area contributed by atoms with Crippen LogP contribution in [0.2, 0.25) is 0 Å². The molecule has 0 saturated carbocycles. The van der Waals surface area contributed by atoms with Crippen LogP contribution < -0.4 is 16.8 Å². The molecular formula is C13H23N3. The van der Waals surface area contributed by atoms with Crippen molar-refractivity contribution in [1.29, 1.82) is 0 Å². The fourth-order valence-corrected chi connectivity index (χ4v) is 1.51. The van der Waals surface area contributed by atoms with Crippen LogP contribution in [0.15, 0.2) is 24.3 Å². The molecule has 3 heteroatoms. The molecule has 0 radical (unpaired) electrons. The number of hydrogen-bond donors (Lipinski definition) is 3. The van der Waals surface area contributed by atoms with Crippen LogP contribution in [-0.2, 0) is 6.54 Å². The van der Waals surface area contributed by atoms with Crippen LogP contribution in [0.4, 0.5) is 0 Å². The zero-order chi connectivity index (χ0) is 12.0. The van der Waals surface area contributed by atoms with E-state index in [1.807, 2.05) is 0 Å². The average molecular weight is 221 g/mol. The molecule has 0 aliphatic carbocycles. The van der Waals surface area contributed by atoms with Crippen LogP contribution in [-0.4, -0.2) is 19.1 Å². The molecule has 1 aromatic carbocycles. The summed E-state index contributed by atoms with van der Waals surface area (Å²) in [6.45, 7) is 6.55. The van der Waals surface area contributed by atoms with Crippen molar-refractivity contribution in [2.75, 3.05) is 13.1 Å². The summed E-state index contributed by atoms with van der Waals surface area (Å²) in [6.07, 6.45) is 0. The van der Waals surface area contributed by atoms with Crippen molar-refractivity contribution < 1.29 is 0 Å². The lowest BCUT2D eigenvalue weighted by Gasteiger charge is -2.11. The number of nitrogens with one attached hydrogen (secondary N) is 1. The molecule has 3 nitrogen and oxygen atoms in total. The third-order valence-electron chi connectivity index (χ3n) is 2.68. The Balaban J connectivity index is 2.38. The van der Waals surface area contributed by atoms with E-state index < -0.39 is 0 Å². The van der Waals surface area contributed by atoms with E-state index in [0.29, 0.717) is 12.5 Å². The molecule has 0 saturated heterocycles. The van der Waals surface area contributed by atoms with Crippen molar-refractivity contribution in [3.05, 3.63) is 35.4 Å². The van der Waals surface area contributed by atoms with Gasteiger partial charge in [0.05, 0.1) is 0 Å². The van der Waals surface area contributed by atoms with Gasteiger partial charge in [-0.25, -0.2) is 0 Å². The predicted octanol–water partition coefficient (Wildman–Crippen LogP) is 1.19. The first kappa shape index (κ1) is 13.2. The third kappa shape index (κ3) is 4.31. The van der Waals surface area contributed by atoms with E-state index in [1.54, 1.807) is 0 Å². The molecular weight excluding hydrogens is 198 g/mol. The van der Waals surface area contributed by atoms with Crippen molar-refractivity contribution in [2.24, 2.45) is 11.5 Å². The standard InChI is InChI=1S/C13H23N3/c1-10(2)12-5-3-11(4-6-12)8-16-9-13(15)7-14/h3-6,10,13,16H,7-9,14-15H2,1-2H3. The van der Waals surface area contributed by atoms with Gasteiger partial charge < -0.3 is 16.8 Å². The van der Waals surface area contributed by atoms with Crippen LogP contribution in [0.5, 0.6) is 0 Å². The summed E-state index contributed by atoms with van der Waals surface area (Å²) >= 11 is 0. The minimum Gasteiger partial charge on any atom is -0.329 e. The SMILES string of the molecule is CC(C)c1ccc(CNCC(N)CN)cc1. The minimum atomic E-state index is 0.0509. The highest BCUT2D eigenvalue weighted by atomic mass is 14.9. The van der Waals surface area contributed by atoms with Crippen LogP contribution in [0.25, 0.3) is 0 Å². The molecule has 0 aromatic heterocycles. The molecule has 0 fully saturated rings. The van der Waals surface area contributed by atoms with Crippen molar-refractivity contribution in [2.45, 2.75) is 32.4 Å². The summed E-state index contributed by atoms with van der Waals surface area (Å²) in [5, 5.41) is 3.30. The maximum atomic E-state index is 5.71. The molecule has 1 rings (SSSR count). The predicted molar refractivity (Wildman–Crippen MR) is 69.3 cm³/mol. The Morgan fingerprint density at radius 3 is 2.31 bits per heavy atom. The highest BCUT2D eigenvalue weighted by molar-refractivity contribution is 5.24. The minimum absolute atomic E-state index is 0.0509. The molecule has 0 heterocycles. The van der Waals surface area contributed by atoms with E-state index in [4.69, 9.17) is 11.5 Å². The fourth-order valence-electron chi connectivity index (χ4n) is 1.51. The Kier molecular flexibility index (Phi) is 5.46. The molecule has 5 N–H and O–H groups in total. The van der Waals surface area contributed by atoms with Crippen molar-refractivity contribution >= 4 is 0 Å². The lowest BCUT2D eigenvalue weighted by molar-refractivity contribution is 0.582. The van der Waals surface area contributed by atoms with Crippen LogP contribution in [0, 0.1) is 0 Å².